The maximum atomic E-state index is 12.4. The fourth-order valence-corrected chi connectivity index (χ4v) is 6.86. The third kappa shape index (κ3) is 39.8. The molecule has 312 valence electrons. The Morgan fingerprint density at radius 3 is 1.34 bits per heavy atom. The lowest BCUT2D eigenvalue weighted by Gasteiger charge is -2.20. The van der Waals surface area contributed by atoms with E-state index < -0.39 is 12.1 Å². The predicted octanol–water partition coefficient (Wildman–Crippen LogP) is 13.2. The number of allylic oxidation sites excluding steroid dienone is 3. The number of carbonyl (C=O) groups excluding carboxylic acids is 2. The highest BCUT2D eigenvalue weighted by atomic mass is 16.5. The van der Waals surface area contributed by atoms with Crippen LogP contribution in [0.2, 0.25) is 0 Å². The van der Waals surface area contributed by atoms with Crippen molar-refractivity contribution in [3.8, 4) is 0 Å². The van der Waals surface area contributed by atoms with Gasteiger partial charge in [0.05, 0.1) is 25.4 Å². The Morgan fingerprint density at radius 2 is 0.887 bits per heavy atom. The minimum atomic E-state index is -0.864. The number of carbonyl (C=O) groups is 2. The zero-order valence-corrected chi connectivity index (χ0v) is 35.2. The molecular weight excluding hydrogens is 659 g/mol. The Kier molecular flexibility index (Phi) is 41.7. The summed E-state index contributed by atoms with van der Waals surface area (Å²) < 4.78 is 5.42. The molecule has 0 aliphatic heterocycles. The molecule has 6 heteroatoms. The van der Waals surface area contributed by atoms with Crippen molar-refractivity contribution in [3.05, 3.63) is 24.3 Å². The largest absolute Gasteiger partial charge is 0.466 e. The molecule has 0 aromatic rings. The van der Waals surface area contributed by atoms with Gasteiger partial charge in [0.2, 0.25) is 5.91 Å². The number of unbranched alkanes of at least 4 members (excludes halogenated alkanes) is 29. The van der Waals surface area contributed by atoms with Crippen molar-refractivity contribution in [2.45, 2.75) is 251 Å². The minimum absolute atomic E-state index is 0.0377. The van der Waals surface area contributed by atoms with Gasteiger partial charge in [-0.3, -0.25) is 9.59 Å². The number of rotatable bonds is 42. The molecule has 3 N–H and O–H groups in total. The van der Waals surface area contributed by atoms with Gasteiger partial charge in [-0.2, -0.15) is 0 Å². The lowest BCUT2D eigenvalue weighted by Crippen LogP contribution is -2.45. The number of nitrogens with one attached hydrogen (secondary N) is 1. The Bertz CT molecular complexity index is 828. The van der Waals surface area contributed by atoms with Crippen molar-refractivity contribution in [2.75, 3.05) is 13.2 Å². The van der Waals surface area contributed by atoms with Crippen molar-refractivity contribution in [3.63, 3.8) is 0 Å². The van der Waals surface area contributed by atoms with Crippen LogP contribution >= 0.6 is 0 Å². The second-order valence-corrected chi connectivity index (χ2v) is 15.7. The summed E-state index contributed by atoms with van der Waals surface area (Å²) in [5, 5.41) is 22.9. The van der Waals surface area contributed by atoms with Crippen LogP contribution in [-0.4, -0.2) is 47.4 Å². The zero-order valence-electron chi connectivity index (χ0n) is 35.2. The van der Waals surface area contributed by atoms with Gasteiger partial charge < -0.3 is 20.3 Å². The highest BCUT2D eigenvalue weighted by Gasteiger charge is 2.18. The number of aliphatic hydroxyl groups is 2. The number of amides is 1. The van der Waals surface area contributed by atoms with Gasteiger partial charge in [0.15, 0.2) is 0 Å². The molecule has 0 saturated heterocycles. The van der Waals surface area contributed by atoms with Crippen LogP contribution in [0.1, 0.15) is 239 Å². The molecule has 0 aromatic carbocycles. The molecule has 0 saturated carbocycles. The van der Waals surface area contributed by atoms with E-state index in [2.05, 4.69) is 31.3 Å². The number of hydrogen-bond acceptors (Lipinski definition) is 5. The molecule has 53 heavy (non-hydrogen) atoms. The highest BCUT2D eigenvalue weighted by Crippen LogP contribution is 2.15. The van der Waals surface area contributed by atoms with Crippen LogP contribution in [0.5, 0.6) is 0 Å². The number of aliphatic hydroxyl groups excluding tert-OH is 2. The quantitative estimate of drug-likeness (QED) is 0.0328. The molecule has 0 aliphatic carbocycles. The fraction of sp³-hybridized carbons (Fsp3) is 0.872. The van der Waals surface area contributed by atoms with Crippen LogP contribution in [0.3, 0.4) is 0 Å². The van der Waals surface area contributed by atoms with Gasteiger partial charge >= 0.3 is 5.97 Å². The molecule has 0 fully saturated rings. The molecule has 0 spiro atoms. The SMILES string of the molecule is CCCCCCCCCCCCC/C=C/C(O)C(CO)NC(=O)CCCCCC/C=C\CCCCOC(=O)CCCCCCCCCCCCCCC. The molecular formula is C47H89NO5. The Morgan fingerprint density at radius 1 is 0.509 bits per heavy atom. The molecule has 1 amide bonds. The van der Waals surface area contributed by atoms with E-state index >= 15 is 0 Å². The summed E-state index contributed by atoms with van der Waals surface area (Å²) in [6.07, 6.45) is 48.8. The Balaban J connectivity index is 3.57. The van der Waals surface area contributed by atoms with Gasteiger partial charge in [-0.05, 0) is 57.8 Å². The topological polar surface area (TPSA) is 95.9 Å². The molecule has 2 unspecified atom stereocenters. The monoisotopic (exact) mass is 748 g/mol. The number of hydrogen-bond donors (Lipinski definition) is 3. The zero-order chi connectivity index (χ0) is 38.7. The first-order valence-electron chi connectivity index (χ1n) is 23.1. The second-order valence-electron chi connectivity index (χ2n) is 15.7. The van der Waals surface area contributed by atoms with E-state index in [4.69, 9.17) is 4.74 Å². The summed E-state index contributed by atoms with van der Waals surface area (Å²) >= 11 is 0. The first kappa shape index (κ1) is 51.3. The van der Waals surface area contributed by atoms with Crippen LogP contribution in [0, 0.1) is 0 Å². The van der Waals surface area contributed by atoms with E-state index in [1.54, 1.807) is 6.08 Å². The van der Waals surface area contributed by atoms with E-state index in [0.717, 1.165) is 77.0 Å². The average Bonchev–Trinajstić information content (AvgIpc) is 3.16. The lowest BCUT2D eigenvalue weighted by atomic mass is 10.0. The second kappa shape index (κ2) is 43.1. The molecule has 0 bridgehead atoms. The minimum Gasteiger partial charge on any atom is -0.466 e. The van der Waals surface area contributed by atoms with Gasteiger partial charge in [-0.1, -0.05) is 192 Å². The molecule has 0 aliphatic rings. The van der Waals surface area contributed by atoms with Gasteiger partial charge in [0.25, 0.3) is 0 Å². The average molecular weight is 748 g/mol. The van der Waals surface area contributed by atoms with Crippen LogP contribution in [0.4, 0.5) is 0 Å². The van der Waals surface area contributed by atoms with Gasteiger partial charge in [-0.25, -0.2) is 0 Å². The predicted molar refractivity (Wildman–Crippen MR) is 227 cm³/mol. The van der Waals surface area contributed by atoms with E-state index in [-0.39, 0.29) is 18.5 Å². The smallest absolute Gasteiger partial charge is 0.305 e. The molecule has 2 atom stereocenters. The Labute approximate surface area is 329 Å². The summed E-state index contributed by atoms with van der Waals surface area (Å²) in [5.41, 5.74) is 0. The lowest BCUT2D eigenvalue weighted by molar-refractivity contribution is -0.143. The summed E-state index contributed by atoms with van der Waals surface area (Å²) in [5.74, 6) is -0.142. The summed E-state index contributed by atoms with van der Waals surface area (Å²) in [4.78, 5) is 24.4. The first-order valence-corrected chi connectivity index (χ1v) is 23.1. The van der Waals surface area contributed by atoms with Crippen LogP contribution in [0.25, 0.3) is 0 Å². The maximum absolute atomic E-state index is 12.4. The van der Waals surface area contributed by atoms with E-state index in [1.807, 2.05) is 6.08 Å². The molecule has 0 radical (unpaired) electrons. The normalized spacial score (nSPS) is 12.9. The first-order chi connectivity index (χ1) is 26.0. The summed E-state index contributed by atoms with van der Waals surface area (Å²) in [7, 11) is 0. The van der Waals surface area contributed by atoms with Crippen molar-refractivity contribution in [2.24, 2.45) is 0 Å². The van der Waals surface area contributed by atoms with Crippen LogP contribution in [-0.2, 0) is 14.3 Å². The summed E-state index contributed by atoms with van der Waals surface area (Å²) in [6.45, 7) is 4.80. The van der Waals surface area contributed by atoms with Crippen LogP contribution in [0.15, 0.2) is 24.3 Å². The van der Waals surface area contributed by atoms with Crippen molar-refractivity contribution in [1.29, 1.82) is 0 Å². The summed E-state index contributed by atoms with van der Waals surface area (Å²) in [6, 6.07) is -0.651. The molecule has 6 nitrogen and oxygen atoms in total. The van der Waals surface area contributed by atoms with Crippen molar-refractivity contribution in [1.82, 2.24) is 5.32 Å². The van der Waals surface area contributed by atoms with Gasteiger partial charge in [0.1, 0.15) is 0 Å². The molecule has 0 rings (SSSR count). The molecule has 0 heterocycles. The van der Waals surface area contributed by atoms with Crippen LogP contribution < -0.4 is 5.32 Å². The highest BCUT2D eigenvalue weighted by molar-refractivity contribution is 5.76. The maximum Gasteiger partial charge on any atom is 0.305 e. The Hall–Kier alpha value is -1.66. The van der Waals surface area contributed by atoms with Crippen molar-refractivity contribution < 1.29 is 24.5 Å². The standard InChI is InChI=1S/C47H89NO5/c1-3-5-7-9-11-13-15-17-19-23-27-31-35-39-45(50)44(43-49)48-46(51)40-36-32-28-24-21-22-26-30-34-38-42-53-47(52)41-37-33-29-25-20-18-16-14-12-10-8-6-4-2/h22,26,35,39,44-45,49-50H,3-21,23-25,27-34,36-38,40-43H2,1-2H3,(H,48,51)/b26-22-,39-35+. The van der Waals surface area contributed by atoms with E-state index in [0.29, 0.717) is 19.4 Å². The third-order valence-electron chi connectivity index (χ3n) is 10.5. The molecule has 0 aromatic heterocycles. The van der Waals surface area contributed by atoms with Gasteiger partial charge in [0, 0.05) is 12.8 Å². The fourth-order valence-electron chi connectivity index (χ4n) is 6.86. The number of ether oxygens (including phenoxy) is 1. The van der Waals surface area contributed by atoms with Crippen molar-refractivity contribution >= 4 is 11.9 Å². The van der Waals surface area contributed by atoms with Gasteiger partial charge in [-0.15, -0.1) is 0 Å². The van der Waals surface area contributed by atoms with E-state index in [9.17, 15) is 19.8 Å². The van der Waals surface area contributed by atoms with E-state index in [1.165, 1.54) is 135 Å². The number of esters is 1. The third-order valence-corrected chi connectivity index (χ3v) is 10.5.